The van der Waals surface area contributed by atoms with Crippen LogP contribution in [0.1, 0.15) is 0 Å². The van der Waals surface area contributed by atoms with Crippen molar-refractivity contribution in [1.29, 1.82) is 0 Å². The van der Waals surface area contributed by atoms with Gasteiger partial charge in [-0.1, -0.05) is 91.0 Å². The van der Waals surface area contributed by atoms with Crippen molar-refractivity contribution in [2.75, 3.05) is 12.4 Å². The smallest absolute Gasteiger partial charge is 0.257 e. The summed E-state index contributed by atoms with van der Waals surface area (Å²) < 4.78 is 0. The highest BCUT2D eigenvalue weighted by Crippen LogP contribution is 2.36. The number of anilines is 1. The second-order valence-electron chi connectivity index (χ2n) is 8.95. The molecule has 37 heavy (non-hydrogen) atoms. The highest BCUT2D eigenvalue weighted by Gasteiger charge is 2.16. The van der Waals surface area contributed by atoms with Crippen LogP contribution in [-0.4, -0.2) is 17.0 Å². The highest BCUT2D eigenvalue weighted by molar-refractivity contribution is 5.98. The van der Waals surface area contributed by atoms with E-state index in [-0.39, 0.29) is 5.56 Å². The lowest BCUT2D eigenvalue weighted by Crippen LogP contribution is -2.08. The van der Waals surface area contributed by atoms with Crippen LogP contribution in [0.4, 0.5) is 5.69 Å². The molecule has 4 aromatic carbocycles. The van der Waals surface area contributed by atoms with E-state index in [1.807, 2.05) is 67.7 Å². The summed E-state index contributed by atoms with van der Waals surface area (Å²) in [5.41, 5.74) is 9.47. The minimum absolute atomic E-state index is 0.153. The number of nitrogens with one attached hydrogen (secondary N) is 2. The van der Waals surface area contributed by atoms with Crippen molar-refractivity contribution < 1.29 is 0 Å². The monoisotopic (exact) mass is 479 g/mol. The molecule has 0 aliphatic rings. The van der Waals surface area contributed by atoms with Crippen LogP contribution in [0.3, 0.4) is 0 Å². The van der Waals surface area contributed by atoms with Gasteiger partial charge in [-0.3, -0.25) is 4.79 Å². The molecule has 6 aromatic rings. The number of aromatic nitrogens is 2. The molecule has 0 saturated heterocycles. The average molecular weight is 480 g/mol. The van der Waals surface area contributed by atoms with Gasteiger partial charge in [0.15, 0.2) is 0 Å². The minimum Gasteiger partial charge on any atom is -0.388 e. The first-order valence-electron chi connectivity index (χ1n) is 12.3. The van der Waals surface area contributed by atoms with Crippen molar-refractivity contribution in [1.82, 2.24) is 9.97 Å². The van der Waals surface area contributed by atoms with Gasteiger partial charge in [0.05, 0.1) is 16.6 Å². The first-order valence-corrected chi connectivity index (χ1v) is 12.3. The Hall–Kier alpha value is -4.96. The Bertz CT molecular complexity index is 1760. The van der Waals surface area contributed by atoms with Crippen LogP contribution in [0, 0.1) is 0 Å². The Kier molecular flexibility index (Phi) is 5.83. The fourth-order valence-electron chi connectivity index (χ4n) is 4.75. The number of H-pyrrole nitrogens is 1. The standard InChI is InChI=1S/C33H25N3O/c1-34-27-17-15-24(16-18-27)31-28(23-11-6-3-7-12-23)20-29-32(36-31)30(21-35-33(29)37)26-14-8-13-25(19-26)22-9-4-2-5-10-22/h2-21,34H,1H3,(H,35,37). The molecule has 0 atom stereocenters. The van der Waals surface area contributed by atoms with Crippen molar-refractivity contribution in [2.45, 2.75) is 0 Å². The normalized spacial score (nSPS) is 10.9. The highest BCUT2D eigenvalue weighted by atomic mass is 16.1. The van der Waals surface area contributed by atoms with Crippen molar-refractivity contribution in [3.63, 3.8) is 0 Å². The first kappa shape index (κ1) is 22.5. The molecule has 178 valence electrons. The van der Waals surface area contributed by atoms with Crippen LogP contribution in [0.15, 0.2) is 126 Å². The summed E-state index contributed by atoms with van der Waals surface area (Å²) in [6.07, 6.45) is 1.78. The van der Waals surface area contributed by atoms with E-state index in [0.29, 0.717) is 10.9 Å². The number of nitrogens with zero attached hydrogens (tertiary/aromatic N) is 1. The lowest BCUT2D eigenvalue weighted by Gasteiger charge is -2.14. The Morgan fingerprint density at radius 1 is 0.622 bits per heavy atom. The molecule has 0 spiro atoms. The predicted octanol–water partition coefficient (Wildman–Crippen LogP) is 7.63. The maximum Gasteiger partial charge on any atom is 0.257 e. The number of benzene rings is 4. The molecular weight excluding hydrogens is 454 g/mol. The van der Waals surface area contributed by atoms with E-state index in [4.69, 9.17) is 4.98 Å². The van der Waals surface area contributed by atoms with Gasteiger partial charge in [-0.05, 0) is 46.5 Å². The summed E-state index contributed by atoms with van der Waals surface area (Å²) in [6, 6.07) is 38.9. The molecule has 0 saturated carbocycles. The second-order valence-corrected chi connectivity index (χ2v) is 8.95. The van der Waals surface area contributed by atoms with Crippen LogP contribution in [0.2, 0.25) is 0 Å². The van der Waals surface area contributed by atoms with Gasteiger partial charge >= 0.3 is 0 Å². The number of hydrogen-bond donors (Lipinski definition) is 2. The zero-order chi connectivity index (χ0) is 25.2. The van der Waals surface area contributed by atoms with Crippen LogP contribution in [0.5, 0.6) is 0 Å². The Morgan fingerprint density at radius 2 is 1.27 bits per heavy atom. The fourth-order valence-corrected chi connectivity index (χ4v) is 4.75. The summed E-state index contributed by atoms with van der Waals surface area (Å²) >= 11 is 0. The van der Waals surface area contributed by atoms with Gasteiger partial charge in [0, 0.05) is 35.6 Å². The van der Waals surface area contributed by atoms with E-state index in [1.54, 1.807) is 6.20 Å². The van der Waals surface area contributed by atoms with Crippen molar-refractivity contribution >= 4 is 16.6 Å². The number of aromatic amines is 1. The molecule has 0 radical (unpaired) electrons. The fraction of sp³-hybridized carbons (Fsp3) is 0.0303. The molecule has 2 N–H and O–H groups in total. The summed E-state index contributed by atoms with van der Waals surface area (Å²) in [6.45, 7) is 0. The van der Waals surface area contributed by atoms with Crippen LogP contribution < -0.4 is 10.9 Å². The Balaban J connectivity index is 1.61. The summed E-state index contributed by atoms with van der Waals surface area (Å²) in [4.78, 5) is 21.2. The third-order valence-electron chi connectivity index (χ3n) is 6.68. The number of pyridine rings is 2. The van der Waals surface area contributed by atoms with Crippen molar-refractivity contribution in [2.24, 2.45) is 0 Å². The third-order valence-corrected chi connectivity index (χ3v) is 6.68. The Morgan fingerprint density at radius 3 is 1.97 bits per heavy atom. The minimum atomic E-state index is -0.153. The molecule has 6 rings (SSSR count). The van der Waals surface area contributed by atoms with E-state index in [1.165, 1.54) is 0 Å². The van der Waals surface area contributed by atoms with Gasteiger partial charge in [0.25, 0.3) is 5.56 Å². The lowest BCUT2D eigenvalue weighted by atomic mass is 9.95. The van der Waals surface area contributed by atoms with Gasteiger partial charge in [0.2, 0.25) is 0 Å². The Labute approximate surface area is 215 Å². The van der Waals surface area contributed by atoms with Crippen molar-refractivity contribution in [3.05, 3.63) is 132 Å². The van der Waals surface area contributed by atoms with E-state index in [9.17, 15) is 4.79 Å². The molecule has 2 aromatic heterocycles. The zero-order valence-corrected chi connectivity index (χ0v) is 20.4. The van der Waals surface area contributed by atoms with E-state index >= 15 is 0 Å². The second kappa shape index (κ2) is 9.59. The van der Waals surface area contributed by atoms with Gasteiger partial charge in [-0.15, -0.1) is 0 Å². The van der Waals surface area contributed by atoms with Crippen LogP contribution in [-0.2, 0) is 0 Å². The van der Waals surface area contributed by atoms with Crippen molar-refractivity contribution in [3.8, 4) is 44.6 Å². The number of fused-ring (bicyclic) bond motifs is 1. The molecule has 4 nitrogen and oxygen atoms in total. The topological polar surface area (TPSA) is 57.8 Å². The maximum absolute atomic E-state index is 13.1. The molecule has 4 heteroatoms. The lowest BCUT2D eigenvalue weighted by molar-refractivity contribution is 1.26. The zero-order valence-electron chi connectivity index (χ0n) is 20.4. The van der Waals surface area contributed by atoms with Crippen LogP contribution >= 0.6 is 0 Å². The molecule has 0 aliphatic carbocycles. The molecule has 0 amide bonds. The number of hydrogen-bond acceptors (Lipinski definition) is 3. The summed E-state index contributed by atoms with van der Waals surface area (Å²) in [7, 11) is 1.90. The van der Waals surface area contributed by atoms with E-state index in [0.717, 1.165) is 50.3 Å². The third kappa shape index (κ3) is 4.30. The first-order chi connectivity index (χ1) is 18.2. The van der Waals surface area contributed by atoms with Gasteiger partial charge in [-0.25, -0.2) is 4.98 Å². The maximum atomic E-state index is 13.1. The molecule has 0 bridgehead atoms. The predicted molar refractivity (Wildman–Crippen MR) is 154 cm³/mol. The summed E-state index contributed by atoms with van der Waals surface area (Å²) in [5, 5.41) is 3.74. The largest absolute Gasteiger partial charge is 0.388 e. The molecule has 0 unspecified atom stereocenters. The van der Waals surface area contributed by atoms with E-state index < -0.39 is 0 Å². The van der Waals surface area contributed by atoms with Gasteiger partial charge in [0.1, 0.15) is 0 Å². The average Bonchev–Trinajstić information content (AvgIpc) is 2.98. The van der Waals surface area contributed by atoms with Gasteiger partial charge in [-0.2, -0.15) is 0 Å². The van der Waals surface area contributed by atoms with Crippen LogP contribution in [0.25, 0.3) is 55.5 Å². The molecular formula is C33H25N3O. The van der Waals surface area contributed by atoms with E-state index in [2.05, 4.69) is 64.9 Å². The number of rotatable bonds is 5. The molecule has 0 aliphatic heterocycles. The quantitative estimate of drug-likeness (QED) is 0.267. The summed E-state index contributed by atoms with van der Waals surface area (Å²) in [5.74, 6) is 0. The molecule has 0 fully saturated rings. The molecule has 2 heterocycles. The SMILES string of the molecule is CNc1ccc(-c2nc3c(-c4cccc(-c5ccccc5)c4)c[nH]c(=O)c3cc2-c2ccccc2)cc1. The van der Waals surface area contributed by atoms with Gasteiger partial charge < -0.3 is 10.3 Å².